The molecule has 142 valence electrons. The molecule has 2 heterocycles. The molecular formula is C23H22N2O3. The minimum atomic E-state index is -0.475. The van der Waals surface area contributed by atoms with Gasteiger partial charge in [0.15, 0.2) is 0 Å². The van der Waals surface area contributed by atoms with Crippen LogP contribution in [0.5, 0.6) is 0 Å². The maximum Gasteiger partial charge on any atom is 0.355 e. The number of rotatable bonds is 5. The Hall–Kier alpha value is -3.34. The predicted octanol–water partition coefficient (Wildman–Crippen LogP) is 4.58. The molecule has 0 unspecified atom stereocenters. The Morgan fingerprint density at radius 2 is 1.71 bits per heavy atom. The summed E-state index contributed by atoms with van der Waals surface area (Å²) < 4.78 is 8.73. The standard InChI is InChI=1S/C23H22N2O3/c1-3-28-23(27)21-14-16-8-4-6-10-19(16)25(21)22(26)13-12-17-15-24(2)20-11-7-5-9-18(17)20/h4-11,14-15H,3,12-13H2,1-2H3. The maximum atomic E-state index is 13.1. The maximum absolute atomic E-state index is 13.1. The number of benzene rings is 2. The molecule has 0 aliphatic carbocycles. The lowest BCUT2D eigenvalue weighted by Gasteiger charge is -2.09. The second-order valence-electron chi connectivity index (χ2n) is 6.82. The highest BCUT2D eigenvalue weighted by Gasteiger charge is 2.21. The van der Waals surface area contributed by atoms with Crippen LogP contribution in [0.2, 0.25) is 0 Å². The zero-order valence-electron chi connectivity index (χ0n) is 16.0. The van der Waals surface area contributed by atoms with Gasteiger partial charge in [-0.05, 0) is 37.1 Å². The van der Waals surface area contributed by atoms with Crippen LogP contribution < -0.4 is 0 Å². The third-order valence-electron chi connectivity index (χ3n) is 5.03. The number of esters is 1. The second kappa shape index (κ2) is 7.35. The van der Waals surface area contributed by atoms with E-state index in [2.05, 4.69) is 22.9 Å². The highest BCUT2D eigenvalue weighted by atomic mass is 16.5. The van der Waals surface area contributed by atoms with Crippen molar-refractivity contribution < 1.29 is 14.3 Å². The van der Waals surface area contributed by atoms with Gasteiger partial charge in [-0.25, -0.2) is 4.79 Å². The van der Waals surface area contributed by atoms with Crippen LogP contribution in [0.15, 0.2) is 60.8 Å². The lowest BCUT2D eigenvalue weighted by Crippen LogP contribution is -2.19. The van der Waals surface area contributed by atoms with Gasteiger partial charge in [0.2, 0.25) is 5.91 Å². The summed E-state index contributed by atoms with van der Waals surface area (Å²) >= 11 is 0. The van der Waals surface area contributed by atoms with Crippen molar-refractivity contribution in [2.24, 2.45) is 7.05 Å². The van der Waals surface area contributed by atoms with Crippen LogP contribution in [-0.4, -0.2) is 27.6 Å². The monoisotopic (exact) mass is 374 g/mol. The number of carbonyl (C=O) groups excluding carboxylic acids is 2. The van der Waals surface area contributed by atoms with E-state index in [-0.39, 0.29) is 18.2 Å². The minimum absolute atomic E-state index is 0.114. The molecule has 4 rings (SSSR count). The molecule has 5 nitrogen and oxygen atoms in total. The zero-order valence-corrected chi connectivity index (χ0v) is 16.0. The van der Waals surface area contributed by atoms with Gasteiger partial charge >= 0.3 is 5.97 Å². The summed E-state index contributed by atoms with van der Waals surface area (Å²) in [6, 6.07) is 17.4. The van der Waals surface area contributed by atoms with Crippen LogP contribution in [0.25, 0.3) is 21.8 Å². The van der Waals surface area contributed by atoms with E-state index >= 15 is 0 Å². The average Bonchev–Trinajstić information content (AvgIpc) is 3.25. The van der Waals surface area contributed by atoms with E-state index in [0.717, 1.165) is 27.4 Å². The van der Waals surface area contributed by atoms with Crippen LogP contribution in [0.4, 0.5) is 0 Å². The summed E-state index contributed by atoms with van der Waals surface area (Å²) in [5.41, 5.74) is 3.28. The van der Waals surface area contributed by atoms with Crippen LogP contribution in [0.3, 0.4) is 0 Å². The minimum Gasteiger partial charge on any atom is -0.461 e. The lowest BCUT2D eigenvalue weighted by atomic mass is 10.1. The first-order chi connectivity index (χ1) is 13.6. The molecule has 0 amide bonds. The summed E-state index contributed by atoms with van der Waals surface area (Å²) in [6.07, 6.45) is 2.98. The van der Waals surface area contributed by atoms with Gasteiger partial charge in [0.05, 0.1) is 12.1 Å². The predicted molar refractivity (Wildman–Crippen MR) is 110 cm³/mol. The molecule has 0 fully saturated rings. The summed E-state index contributed by atoms with van der Waals surface area (Å²) in [4.78, 5) is 25.5. The Labute approximate surface area is 163 Å². The van der Waals surface area contributed by atoms with Crippen molar-refractivity contribution in [3.8, 4) is 0 Å². The number of para-hydroxylation sites is 2. The third-order valence-corrected chi connectivity index (χ3v) is 5.03. The number of nitrogens with zero attached hydrogens (tertiary/aromatic N) is 2. The van der Waals surface area contributed by atoms with E-state index in [0.29, 0.717) is 12.8 Å². The quantitative estimate of drug-likeness (QED) is 0.480. The molecular weight excluding hydrogens is 352 g/mol. The molecule has 0 atom stereocenters. The molecule has 0 saturated heterocycles. The van der Waals surface area contributed by atoms with E-state index in [1.807, 2.05) is 43.4 Å². The smallest absolute Gasteiger partial charge is 0.355 e. The molecule has 0 saturated carbocycles. The molecule has 0 radical (unpaired) electrons. The highest BCUT2D eigenvalue weighted by Crippen LogP contribution is 2.24. The average molecular weight is 374 g/mol. The third kappa shape index (κ3) is 3.09. The summed E-state index contributed by atoms with van der Waals surface area (Å²) in [7, 11) is 2.01. The van der Waals surface area contributed by atoms with E-state index in [4.69, 9.17) is 4.74 Å². The Bertz CT molecular complexity index is 1180. The summed E-state index contributed by atoms with van der Waals surface area (Å²) in [6.45, 7) is 2.03. The van der Waals surface area contributed by atoms with E-state index in [9.17, 15) is 9.59 Å². The summed E-state index contributed by atoms with van der Waals surface area (Å²) in [5.74, 6) is -0.589. The number of aromatic nitrogens is 2. The first kappa shape index (κ1) is 18.0. The van der Waals surface area contributed by atoms with E-state index in [1.54, 1.807) is 13.0 Å². The zero-order chi connectivity index (χ0) is 19.7. The fourth-order valence-corrected chi connectivity index (χ4v) is 3.76. The number of fused-ring (bicyclic) bond motifs is 2. The van der Waals surface area contributed by atoms with Crippen molar-refractivity contribution in [3.05, 3.63) is 72.1 Å². The van der Waals surface area contributed by atoms with Gasteiger partial charge in [0, 0.05) is 36.0 Å². The molecule has 0 spiro atoms. The van der Waals surface area contributed by atoms with Crippen LogP contribution in [0, 0.1) is 0 Å². The Morgan fingerprint density at radius 3 is 2.50 bits per heavy atom. The van der Waals surface area contributed by atoms with Crippen molar-refractivity contribution in [3.63, 3.8) is 0 Å². The van der Waals surface area contributed by atoms with Gasteiger partial charge in [-0.2, -0.15) is 0 Å². The van der Waals surface area contributed by atoms with Gasteiger partial charge in [0.1, 0.15) is 5.69 Å². The van der Waals surface area contributed by atoms with Crippen molar-refractivity contribution in [1.29, 1.82) is 0 Å². The molecule has 5 heteroatoms. The molecule has 0 aliphatic heterocycles. The number of hydrogen-bond donors (Lipinski definition) is 0. The molecule has 0 N–H and O–H groups in total. The first-order valence-corrected chi connectivity index (χ1v) is 9.44. The van der Waals surface area contributed by atoms with Gasteiger partial charge < -0.3 is 9.30 Å². The molecule has 0 bridgehead atoms. The van der Waals surface area contributed by atoms with Gasteiger partial charge in [-0.1, -0.05) is 36.4 Å². The number of carbonyl (C=O) groups is 2. The normalized spacial score (nSPS) is 11.2. The fraction of sp³-hybridized carbons (Fsp3) is 0.217. The van der Waals surface area contributed by atoms with Crippen molar-refractivity contribution in [1.82, 2.24) is 9.13 Å². The Kier molecular flexibility index (Phi) is 4.74. The van der Waals surface area contributed by atoms with Crippen LogP contribution in [-0.2, 0) is 18.2 Å². The molecule has 0 aliphatic rings. The van der Waals surface area contributed by atoms with Crippen molar-refractivity contribution >= 4 is 33.7 Å². The number of ether oxygens (including phenoxy) is 1. The molecule has 2 aromatic carbocycles. The largest absolute Gasteiger partial charge is 0.461 e. The number of aryl methyl sites for hydroxylation is 2. The first-order valence-electron chi connectivity index (χ1n) is 9.44. The summed E-state index contributed by atoms with van der Waals surface area (Å²) in [5, 5.41) is 2.00. The van der Waals surface area contributed by atoms with Crippen molar-refractivity contribution in [2.75, 3.05) is 6.61 Å². The van der Waals surface area contributed by atoms with E-state index < -0.39 is 5.97 Å². The van der Waals surface area contributed by atoms with E-state index in [1.165, 1.54) is 4.57 Å². The Morgan fingerprint density at radius 1 is 1.00 bits per heavy atom. The molecule has 2 aromatic heterocycles. The lowest BCUT2D eigenvalue weighted by molar-refractivity contribution is 0.0509. The second-order valence-corrected chi connectivity index (χ2v) is 6.82. The topological polar surface area (TPSA) is 53.2 Å². The number of hydrogen-bond acceptors (Lipinski definition) is 3. The van der Waals surface area contributed by atoms with Crippen LogP contribution >= 0.6 is 0 Å². The van der Waals surface area contributed by atoms with Gasteiger partial charge in [-0.3, -0.25) is 9.36 Å². The van der Waals surface area contributed by atoms with Gasteiger partial charge in [-0.15, -0.1) is 0 Å². The van der Waals surface area contributed by atoms with Gasteiger partial charge in [0.25, 0.3) is 0 Å². The van der Waals surface area contributed by atoms with Crippen molar-refractivity contribution in [2.45, 2.75) is 19.8 Å². The molecule has 28 heavy (non-hydrogen) atoms. The van der Waals surface area contributed by atoms with Crippen LogP contribution in [0.1, 0.15) is 34.2 Å². The fourth-order valence-electron chi connectivity index (χ4n) is 3.76. The Balaban J connectivity index is 1.67. The molecule has 4 aromatic rings. The highest BCUT2D eigenvalue weighted by molar-refractivity contribution is 6.03. The SMILES string of the molecule is CCOC(=O)c1cc2ccccc2n1C(=O)CCc1cn(C)c2ccccc12.